The molecule has 2 aliphatic heterocycles. The summed E-state index contributed by atoms with van der Waals surface area (Å²) in [7, 11) is -26.4. The number of aryl methyl sites for hydroxylation is 1. The molecule has 0 aliphatic carbocycles. The van der Waals surface area contributed by atoms with Gasteiger partial charge in [0.15, 0.2) is 5.71 Å². The lowest BCUT2D eigenvalue weighted by Crippen LogP contribution is -2.28. The summed E-state index contributed by atoms with van der Waals surface area (Å²) in [6, 6.07) is 16.4. The van der Waals surface area contributed by atoms with E-state index in [1.54, 1.807) is 61.0 Å². The van der Waals surface area contributed by atoms with Crippen LogP contribution >= 0.6 is 11.3 Å². The topological polar surface area (TPSA) is 403 Å². The Bertz CT molecular complexity index is 4440. The van der Waals surface area contributed by atoms with Gasteiger partial charge in [-0.3, -0.25) is 28.0 Å². The number of benzene rings is 4. The quantitative estimate of drug-likeness (QED) is 0.0235. The number of pyridine rings is 1. The molecule has 7 N–H and O–H groups in total. The Morgan fingerprint density at radius 3 is 2.02 bits per heavy atom. The molecule has 82 heavy (non-hydrogen) atoms. The van der Waals surface area contributed by atoms with E-state index in [9.17, 15) is 65.1 Å². The number of nitrogens with two attached hydrogens (primary N) is 1. The first kappa shape index (κ1) is 63.0. The number of fused-ring (bicyclic) bond motifs is 6. The molecule has 6 aromatic rings. The van der Waals surface area contributed by atoms with Crippen LogP contribution < -0.4 is 15.4 Å². The number of primary sulfonamides is 1. The van der Waals surface area contributed by atoms with Gasteiger partial charge in [0.05, 0.1) is 26.7 Å². The second-order valence-electron chi connectivity index (χ2n) is 19.9. The summed E-state index contributed by atoms with van der Waals surface area (Å²) in [6.07, 6.45) is 10.5. The Morgan fingerprint density at radius 2 is 1.44 bits per heavy atom. The summed E-state index contributed by atoms with van der Waals surface area (Å²) >= 11 is 0.596. The number of nitrogens with one attached hydrogen (secondary N) is 1. The fourth-order valence-corrected chi connectivity index (χ4v) is 13.7. The average Bonchev–Trinajstić information content (AvgIpc) is 2.57. The number of aromatic nitrogens is 3. The minimum atomic E-state index is -5.08. The van der Waals surface area contributed by atoms with Crippen LogP contribution in [0.5, 0.6) is 0 Å². The van der Waals surface area contributed by atoms with E-state index in [2.05, 4.69) is 27.3 Å². The highest BCUT2D eigenvalue weighted by Gasteiger charge is 2.47. The number of hydrogen-bond donors (Lipinski definition) is 6. The van der Waals surface area contributed by atoms with E-state index in [-0.39, 0.29) is 46.6 Å². The predicted octanol–water partition coefficient (Wildman–Crippen LogP) is 5.97. The van der Waals surface area contributed by atoms with Crippen LogP contribution in [0.25, 0.3) is 27.1 Å². The fourth-order valence-electron chi connectivity index (χ4n) is 10.0. The molecule has 0 radical (unpaired) electrons. The number of sulfonamides is 1. The molecule has 0 saturated carbocycles. The molecule has 0 bridgehead atoms. The molecule has 4 heterocycles. The van der Waals surface area contributed by atoms with Crippen LogP contribution in [-0.4, -0.2) is 123 Å². The van der Waals surface area contributed by atoms with Gasteiger partial charge in [0.2, 0.25) is 21.1 Å². The first-order chi connectivity index (χ1) is 37.9. The van der Waals surface area contributed by atoms with Gasteiger partial charge >= 0.3 is 10.6 Å². The number of nitrogens with zero attached hydrogens (tertiary/aromatic N) is 5. The van der Waals surface area contributed by atoms with Gasteiger partial charge in [0.1, 0.15) is 11.4 Å². The molecule has 8 rings (SSSR count). The van der Waals surface area contributed by atoms with Crippen LogP contribution in [-0.2, 0) is 83.1 Å². The number of unbranched alkanes of at least 4 members (excludes halogenated alkanes) is 1. The van der Waals surface area contributed by atoms with Gasteiger partial charge in [0, 0.05) is 71.0 Å². The zero-order valence-corrected chi connectivity index (χ0v) is 49.8. The van der Waals surface area contributed by atoms with Gasteiger partial charge in [-0.05, 0) is 109 Å². The summed E-state index contributed by atoms with van der Waals surface area (Å²) < 4.78 is 190. The lowest BCUT2D eigenvalue weighted by atomic mass is 9.79. The zero-order valence-electron chi connectivity index (χ0n) is 44.1. The minimum absolute atomic E-state index is 0.0351. The lowest BCUT2D eigenvalue weighted by Gasteiger charge is -2.27. The van der Waals surface area contributed by atoms with E-state index in [4.69, 9.17) is 22.7 Å². The maximum atomic E-state index is 12.9. The van der Waals surface area contributed by atoms with Crippen LogP contribution in [0.3, 0.4) is 0 Å². The molecule has 1 amide bonds. The van der Waals surface area contributed by atoms with Crippen LogP contribution in [0.4, 0.5) is 16.5 Å². The largest absolute Gasteiger partial charge is 0.425 e. The third-order valence-electron chi connectivity index (χ3n) is 13.6. The number of allylic oxidation sites excluding steroid dienone is 6. The fraction of sp³-hybridized carbons (Fsp3) is 0.300. The van der Waals surface area contributed by atoms with E-state index >= 15 is 0 Å². The highest BCUT2D eigenvalue weighted by atomic mass is 32.3. The maximum Gasteiger partial charge on any atom is 0.425 e. The maximum absolute atomic E-state index is 12.9. The van der Waals surface area contributed by atoms with Crippen molar-refractivity contribution in [3.8, 4) is 0 Å². The lowest BCUT2D eigenvalue weighted by molar-refractivity contribution is -0.437. The van der Waals surface area contributed by atoms with E-state index in [1.807, 2.05) is 38.1 Å². The molecule has 32 heteroatoms. The van der Waals surface area contributed by atoms with Crippen molar-refractivity contribution >= 4 is 128 Å². The Hall–Kier alpha value is -6.56. The van der Waals surface area contributed by atoms with Crippen molar-refractivity contribution in [1.29, 1.82) is 0 Å². The molecule has 0 atom stereocenters. The van der Waals surface area contributed by atoms with Gasteiger partial charge in [-0.15, -0.1) is 22.8 Å². The second kappa shape index (κ2) is 23.6. The van der Waals surface area contributed by atoms with Gasteiger partial charge in [0.25, 0.3) is 50.5 Å². The average molecular weight is 1270 g/mol. The molecule has 438 valence electrons. The highest BCUT2D eigenvalue weighted by molar-refractivity contribution is 7.91. The van der Waals surface area contributed by atoms with E-state index in [1.165, 1.54) is 18.2 Å². The molecule has 0 fully saturated rings. The summed E-state index contributed by atoms with van der Waals surface area (Å²) in [5.41, 5.74) is 3.31. The molecule has 2 aliphatic rings. The third kappa shape index (κ3) is 14.1. The molecular weight excluding hydrogens is 1210 g/mol. The third-order valence-corrected chi connectivity index (χ3v) is 19.1. The predicted molar refractivity (Wildman–Crippen MR) is 304 cm³/mol. The number of rotatable bonds is 19. The van der Waals surface area contributed by atoms with Crippen molar-refractivity contribution < 1.29 is 82.3 Å². The summed E-state index contributed by atoms with van der Waals surface area (Å²) in [5.74, 6) is -1.13. The number of anilines is 2. The van der Waals surface area contributed by atoms with Gasteiger partial charge in [-0.2, -0.15) is 38.2 Å². The number of carbonyl (C=O) groups excluding carboxylic acids is 1. The van der Waals surface area contributed by atoms with E-state index in [0.717, 1.165) is 41.2 Å². The first-order valence-electron chi connectivity index (χ1n) is 24.4. The first-order valence-corrected chi connectivity index (χ1v) is 33.7. The standard InChI is InChI=1S/C50H53N7O15S6.O3S/c1-6-7-23-56-39-18-12-31-11-15-33(76(64,65)66)26-36(31)45(39)49(2,3)42(56)20-13-32(38-17-9-30(29-52-38)10-22-44(58)53-47-54-55-48(73-47)75(51,62)63)14-21-43-50(4,5)46-37-27-34(77(67,68)69)28-41(78(70,71)72)35(37)16-19-40(46)57(43)24-8-25-74(59,60)61;1-4(2)3/h9,11-21,26-29H,6-8,10,22-25H2,1-5H3,(H6-,51,53,54,58,59,60,61,62,63,64,65,66,67,68,69,70,71,72);/p+1. The van der Waals surface area contributed by atoms with Gasteiger partial charge < -0.3 is 10.2 Å². The monoisotopic (exact) mass is 1260 g/mol. The van der Waals surface area contributed by atoms with Crippen molar-refractivity contribution in [2.75, 3.05) is 29.1 Å². The van der Waals surface area contributed by atoms with Crippen molar-refractivity contribution in [3.05, 3.63) is 125 Å². The minimum Gasteiger partial charge on any atom is -0.344 e. The zero-order chi connectivity index (χ0) is 60.7. The summed E-state index contributed by atoms with van der Waals surface area (Å²) in [6.45, 7) is 10.1. The van der Waals surface area contributed by atoms with Gasteiger partial charge in [-0.25, -0.2) is 13.6 Å². The second-order valence-corrected chi connectivity index (χ2v) is 28.8. The Kier molecular flexibility index (Phi) is 18.1. The Labute approximate surface area is 478 Å². The number of carbonyl (C=O) groups is 1. The van der Waals surface area contributed by atoms with Crippen molar-refractivity contribution in [1.82, 2.24) is 15.2 Å². The molecule has 0 saturated heterocycles. The Morgan fingerprint density at radius 1 is 0.780 bits per heavy atom. The molecule has 2 aromatic heterocycles. The molecule has 4 aromatic carbocycles. The summed E-state index contributed by atoms with van der Waals surface area (Å²) in [5, 5.41) is 16.1. The summed E-state index contributed by atoms with van der Waals surface area (Å²) in [4.78, 5) is 18.0. The van der Waals surface area contributed by atoms with Crippen LogP contribution in [0, 0.1) is 0 Å². The molecule has 25 nitrogen and oxygen atoms in total. The number of amides is 1. The van der Waals surface area contributed by atoms with Crippen molar-refractivity contribution in [3.63, 3.8) is 0 Å². The Balaban J connectivity index is 0.00000234. The van der Waals surface area contributed by atoms with Crippen molar-refractivity contribution in [2.24, 2.45) is 5.14 Å². The molecule has 0 spiro atoms. The van der Waals surface area contributed by atoms with Crippen LogP contribution in [0.15, 0.2) is 122 Å². The normalized spacial score (nSPS) is 16.0. The van der Waals surface area contributed by atoms with Crippen LogP contribution in [0.2, 0.25) is 0 Å². The van der Waals surface area contributed by atoms with Crippen molar-refractivity contribution in [2.45, 2.75) is 96.6 Å². The smallest absolute Gasteiger partial charge is 0.344 e. The SMILES string of the molecule is CCCCN1C(=CC=C(C=CC2=[N+](CCCS(=O)(=O)O)c3ccc4c(S(=O)(=O)O)cc(S(=O)(=O)O)cc4c3C2(C)C)c2ccc(CCC(=O)Nc3nnc(S(N)(=O)=O)s3)cn2)C(C)(C)c2c1ccc1ccc(S(=O)(=O)O)cc21.O=S(=O)=O. The van der Waals surface area contributed by atoms with Crippen LogP contribution in [0.1, 0.15) is 82.7 Å². The molecule has 0 unspecified atom stereocenters. The molecular formula is C50H54N7O18S7+. The van der Waals surface area contributed by atoms with E-state index in [0.29, 0.717) is 63.1 Å². The van der Waals surface area contributed by atoms with Gasteiger partial charge in [-0.1, -0.05) is 62.8 Å². The highest BCUT2D eigenvalue weighted by Crippen LogP contribution is 2.52. The van der Waals surface area contributed by atoms with E-state index < -0.39 is 97.7 Å². The number of hydrogen-bond acceptors (Lipinski definition) is 19.